The topological polar surface area (TPSA) is 86.6 Å². The second-order valence-electron chi connectivity index (χ2n) is 10.0. The van der Waals surface area contributed by atoms with E-state index in [1.54, 1.807) is 4.90 Å². The number of nitrogens with zero attached hydrogens (tertiary/aromatic N) is 4. The highest BCUT2D eigenvalue weighted by Crippen LogP contribution is 2.32. The molecule has 1 saturated heterocycles. The molecule has 0 radical (unpaired) electrons. The number of carboxylic acid groups (broad SMARTS) is 1. The Morgan fingerprint density at radius 2 is 1.67 bits per heavy atom. The number of piperidine rings is 1. The monoisotopic (exact) mass is 550 g/mol. The van der Waals surface area contributed by atoms with Crippen molar-refractivity contribution in [3.05, 3.63) is 64.2 Å². The van der Waals surface area contributed by atoms with Gasteiger partial charge in [0.2, 0.25) is 11.0 Å². The molecule has 0 spiro atoms. The fraction of sp³-hybridized carbons (Fsp3) is 0.484. The van der Waals surface area contributed by atoms with Crippen molar-refractivity contribution in [3.8, 4) is 10.6 Å². The zero-order chi connectivity index (χ0) is 28.5. The van der Waals surface area contributed by atoms with E-state index in [1.807, 2.05) is 45.0 Å². The summed E-state index contributed by atoms with van der Waals surface area (Å²) in [6, 6.07) is 12.3. The molecule has 1 aliphatic rings. The molecule has 210 valence electrons. The number of rotatable bonds is 9. The number of amides is 1. The molecule has 0 saturated carbocycles. The van der Waals surface area contributed by atoms with Gasteiger partial charge in [-0.2, -0.15) is 0 Å². The molecule has 2 heterocycles. The number of hydrogen-bond donors (Lipinski definition) is 1. The Kier molecular flexibility index (Phi) is 11.2. The molecular formula is C31H42N4O3S. The quantitative estimate of drug-likeness (QED) is 0.330. The zero-order valence-electron chi connectivity index (χ0n) is 24.2. The third kappa shape index (κ3) is 7.73. The highest BCUT2D eigenvalue weighted by molar-refractivity contribution is 7.18. The lowest BCUT2D eigenvalue weighted by atomic mass is 9.95. The van der Waals surface area contributed by atoms with E-state index >= 15 is 0 Å². The lowest BCUT2D eigenvalue weighted by Gasteiger charge is -2.31. The van der Waals surface area contributed by atoms with Gasteiger partial charge in [0.25, 0.3) is 0 Å². The summed E-state index contributed by atoms with van der Waals surface area (Å²) in [7, 11) is 0. The first-order chi connectivity index (χ1) is 18.8. The van der Waals surface area contributed by atoms with E-state index in [1.165, 1.54) is 28.0 Å². The van der Waals surface area contributed by atoms with Crippen LogP contribution in [0.1, 0.15) is 67.9 Å². The molecule has 3 aromatic rings. The number of benzene rings is 2. The van der Waals surface area contributed by atoms with Crippen LogP contribution in [0.25, 0.3) is 10.6 Å². The number of hydrogen-bond acceptors (Lipinski definition) is 6. The van der Waals surface area contributed by atoms with Crippen LogP contribution in [-0.2, 0) is 22.6 Å². The predicted molar refractivity (Wildman–Crippen MR) is 159 cm³/mol. The Labute approximate surface area is 236 Å². The van der Waals surface area contributed by atoms with Crippen molar-refractivity contribution >= 4 is 28.3 Å². The number of carboxylic acids is 1. The van der Waals surface area contributed by atoms with E-state index in [9.17, 15) is 14.7 Å². The minimum Gasteiger partial charge on any atom is -0.481 e. The van der Waals surface area contributed by atoms with Crippen LogP contribution in [0.3, 0.4) is 0 Å². The number of aliphatic carboxylic acids is 1. The van der Waals surface area contributed by atoms with Crippen LogP contribution in [0.2, 0.25) is 0 Å². The third-order valence-electron chi connectivity index (χ3n) is 7.26. The Morgan fingerprint density at radius 1 is 1.03 bits per heavy atom. The summed E-state index contributed by atoms with van der Waals surface area (Å²) in [4.78, 5) is 28.6. The lowest BCUT2D eigenvalue weighted by molar-refractivity contribution is -0.143. The van der Waals surface area contributed by atoms with E-state index in [-0.39, 0.29) is 11.8 Å². The molecule has 0 atom stereocenters. The van der Waals surface area contributed by atoms with Gasteiger partial charge in [0.1, 0.15) is 5.01 Å². The zero-order valence-corrected chi connectivity index (χ0v) is 25.0. The van der Waals surface area contributed by atoms with Gasteiger partial charge in [0.15, 0.2) is 0 Å². The van der Waals surface area contributed by atoms with Crippen molar-refractivity contribution in [2.45, 2.75) is 73.8 Å². The van der Waals surface area contributed by atoms with Crippen LogP contribution in [0.15, 0.2) is 36.4 Å². The summed E-state index contributed by atoms with van der Waals surface area (Å²) >= 11 is 1.46. The lowest BCUT2D eigenvalue weighted by Crippen LogP contribution is -2.36. The van der Waals surface area contributed by atoms with Gasteiger partial charge in [-0.05, 0) is 93.1 Å². The van der Waals surface area contributed by atoms with E-state index < -0.39 is 5.97 Å². The van der Waals surface area contributed by atoms with Crippen molar-refractivity contribution in [3.63, 3.8) is 0 Å². The molecule has 2 aromatic carbocycles. The Hall–Kier alpha value is -3.10. The largest absolute Gasteiger partial charge is 0.481 e. The summed E-state index contributed by atoms with van der Waals surface area (Å²) in [6.07, 6.45) is 2.59. The van der Waals surface area contributed by atoms with Crippen LogP contribution >= 0.6 is 11.3 Å². The first-order valence-corrected chi connectivity index (χ1v) is 14.8. The van der Waals surface area contributed by atoms with E-state index in [0.717, 1.165) is 47.8 Å². The van der Waals surface area contributed by atoms with Gasteiger partial charge in [0.05, 0.1) is 12.3 Å². The number of carbonyl (C=O) groups is 2. The number of carbonyl (C=O) groups excluding carboxylic acids is 1. The van der Waals surface area contributed by atoms with Gasteiger partial charge in [-0.15, -0.1) is 10.2 Å². The second-order valence-corrected chi connectivity index (χ2v) is 11.0. The number of aromatic nitrogens is 2. The predicted octanol–water partition coefficient (Wildman–Crippen LogP) is 6.44. The van der Waals surface area contributed by atoms with Crippen LogP contribution in [0.4, 0.5) is 5.13 Å². The first-order valence-electron chi connectivity index (χ1n) is 14.0. The molecule has 1 amide bonds. The summed E-state index contributed by atoms with van der Waals surface area (Å²) < 4.78 is 0. The molecule has 7 nitrogen and oxygen atoms in total. The maximum absolute atomic E-state index is 13.2. The van der Waals surface area contributed by atoms with Gasteiger partial charge in [-0.25, -0.2) is 0 Å². The van der Waals surface area contributed by atoms with Gasteiger partial charge in [-0.3, -0.25) is 19.4 Å². The number of likely N-dealkylation sites (tertiary alicyclic amines) is 1. The molecule has 1 aromatic heterocycles. The highest BCUT2D eigenvalue weighted by Gasteiger charge is 2.25. The van der Waals surface area contributed by atoms with Gasteiger partial charge < -0.3 is 5.11 Å². The van der Waals surface area contributed by atoms with E-state index in [2.05, 4.69) is 48.0 Å². The molecule has 1 aliphatic heterocycles. The first kappa shape index (κ1) is 30.4. The average Bonchev–Trinajstić information content (AvgIpc) is 3.42. The Bertz CT molecular complexity index is 1240. The van der Waals surface area contributed by atoms with Gasteiger partial charge in [0, 0.05) is 18.7 Å². The van der Waals surface area contributed by atoms with E-state index in [0.29, 0.717) is 30.9 Å². The smallest absolute Gasteiger partial charge is 0.306 e. The highest BCUT2D eigenvalue weighted by atomic mass is 32.1. The molecule has 8 heteroatoms. The normalized spacial score (nSPS) is 14.0. The van der Waals surface area contributed by atoms with E-state index in [4.69, 9.17) is 0 Å². The van der Waals surface area contributed by atoms with Crippen LogP contribution < -0.4 is 4.90 Å². The number of aryl methyl sites for hydroxylation is 3. The average molecular weight is 551 g/mol. The second kappa shape index (κ2) is 14.3. The molecule has 1 N–H and O–H groups in total. The Morgan fingerprint density at radius 3 is 2.26 bits per heavy atom. The van der Waals surface area contributed by atoms with Crippen molar-refractivity contribution < 1.29 is 14.7 Å². The van der Waals surface area contributed by atoms with Gasteiger partial charge in [-0.1, -0.05) is 56.4 Å². The molecule has 0 unspecified atom stereocenters. The minimum atomic E-state index is -0.679. The summed E-state index contributed by atoms with van der Waals surface area (Å²) in [6.45, 7) is 15.4. The molecule has 39 heavy (non-hydrogen) atoms. The van der Waals surface area contributed by atoms with Crippen molar-refractivity contribution in [2.75, 3.05) is 24.5 Å². The maximum atomic E-state index is 13.2. The van der Waals surface area contributed by atoms with Crippen molar-refractivity contribution in [1.82, 2.24) is 15.1 Å². The van der Waals surface area contributed by atoms with Crippen molar-refractivity contribution in [1.29, 1.82) is 0 Å². The molecule has 0 aliphatic carbocycles. The van der Waals surface area contributed by atoms with Crippen LogP contribution in [0.5, 0.6) is 0 Å². The molecule has 0 bridgehead atoms. The van der Waals surface area contributed by atoms with Crippen LogP contribution in [-0.4, -0.2) is 51.7 Å². The van der Waals surface area contributed by atoms with Crippen LogP contribution in [0, 0.1) is 26.7 Å². The SMILES string of the molecule is CC.CCCN(C(=O)Cc1ccccc1C)c1nnc(-c2cc(C)c(CN3CCC(C(=O)O)CC3)c(C)c2)s1. The van der Waals surface area contributed by atoms with Gasteiger partial charge >= 0.3 is 5.97 Å². The maximum Gasteiger partial charge on any atom is 0.306 e. The molecule has 4 rings (SSSR count). The third-order valence-corrected chi connectivity index (χ3v) is 8.25. The summed E-state index contributed by atoms with van der Waals surface area (Å²) in [5, 5.41) is 19.6. The summed E-state index contributed by atoms with van der Waals surface area (Å²) in [5.74, 6) is -0.862. The molecular weight excluding hydrogens is 508 g/mol. The molecule has 1 fully saturated rings. The fourth-order valence-corrected chi connectivity index (χ4v) is 5.86. The van der Waals surface area contributed by atoms with Crippen molar-refractivity contribution in [2.24, 2.45) is 5.92 Å². The Balaban J connectivity index is 0.00000205. The summed E-state index contributed by atoms with van der Waals surface area (Å²) in [5.41, 5.74) is 6.81. The minimum absolute atomic E-state index is 0.0354. The standard InChI is InChI=1S/C29H36N4O3S.C2H6/c1-5-12-33(26(34)17-23-9-7-6-8-19(23)2)29-31-30-27(37-29)24-15-20(3)25(21(4)16-24)18-32-13-10-22(11-14-32)28(35)36;1-2/h6-9,15-16,22H,5,10-14,17-18H2,1-4H3,(H,35,36);1-2H3. The fourth-order valence-electron chi connectivity index (χ4n) is 4.99. The number of anilines is 1.